The second kappa shape index (κ2) is 11.8. The number of carbonyl (C=O) groups is 3. The number of aromatic nitrogens is 1. The first-order chi connectivity index (χ1) is 17.3. The summed E-state index contributed by atoms with van der Waals surface area (Å²) in [4.78, 5) is 42.9. The van der Waals surface area contributed by atoms with Crippen LogP contribution in [-0.4, -0.2) is 60.5 Å². The van der Waals surface area contributed by atoms with Crippen molar-refractivity contribution in [3.05, 3.63) is 48.6 Å². The van der Waals surface area contributed by atoms with Crippen LogP contribution >= 0.6 is 0 Å². The molecule has 3 heterocycles. The maximum atomic E-state index is 13.3. The Morgan fingerprint density at radius 3 is 2.61 bits per heavy atom. The minimum atomic E-state index is -3.92. The van der Waals surface area contributed by atoms with E-state index in [4.69, 9.17) is 4.42 Å². The first-order valence-corrected chi connectivity index (χ1v) is 13.9. The summed E-state index contributed by atoms with van der Waals surface area (Å²) in [6.45, 7) is -0.196. The largest absolute Gasteiger partial charge is 0.472 e. The molecule has 1 aliphatic carbocycles. The van der Waals surface area contributed by atoms with Crippen LogP contribution in [0.15, 0.2) is 52.4 Å². The zero-order valence-corrected chi connectivity index (χ0v) is 20.9. The van der Waals surface area contributed by atoms with Crippen molar-refractivity contribution < 1.29 is 27.2 Å². The molecule has 0 unspecified atom stereocenters. The van der Waals surface area contributed by atoms with Crippen molar-refractivity contribution >= 4 is 27.6 Å². The zero-order chi connectivity index (χ0) is 25.5. The number of ketones is 1. The lowest BCUT2D eigenvalue weighted by atomic mass is 9.84. The molecule has 1 saturated carbocycles. The summed E-state index contributed by atoms with van der Waals surface area (Å²) < 4.78 is 32.0. The first-order valence-electron chi connectivity index (χ1n) is 12.4. The Morgan fingerprint density at radius 1 is 1.11 bits per heavy atom. The van der Waals surface area contributed by atoms with Gasteiger partial charge in [0.1, 0.15) is 12.3 Å². The van der Waals surface area contributed by atoms with E-state index in [9.17, 15) is 22.8 Å². The molecule has 2 aliphatic rings. The third-order valence-corrected chi connectivity index (χ3v) is 8.64. The van der Waals surface area contributed by atoms with Crippen LogP contribution in [0.3, 0.4) is 0 Å². The number of rotatable bonds is 8. The van der Waals surface area contributed by atoms with E-state index < -0.39 is 39.7 Å². The number of Topliss-reactive ketones (excluding diaryl/α,β-unsaturated/α-hetero) is 1. The van der Waals surface area contributed by atoms with Crippen LogP contribution in [0.4, 0.5) is 0 Å². The molecule has 1 aliphatic heterocycles. The molecule has 2 N–H and O–H groups in total. The molecule has 11 heteroatoms. The monoisotopic (exact) mass is 516 g/mol. The van der Waals surface area contributed by atoms with Gasteiger partial charge >= 0.3 is 0 Å². The molecule has 2 aromatic heterocycles. The molecule has 2 aromatic rings. The highest BCUT2D eigenvalue weighted by Crippen LogP contribution is 2.28. The molecule has 2 fully saturated rings. The molecule has 0 radical (unpaired) electrons. The average molecular weight is 517 g/mol. The molecule has 2 amide bonds. The average Bonchev–Trinajstić information content (AvgIpc) is 3.36. The van der Waals surface area contributed by atoms with Gasteiger partial charge in [-0.05, 0) is 43.4 Å². The molecule has 0 bridgehead atoms. The summed E-state index contributed by atoms with van der Waals surface area (Å²) in [5, 5.41) is 5.49. The van der Waals surface area contributed by atoms with E-state index in [1.165, 1.54) is 37.3 Å². The molecule has 2 atom stereocenters. The van der Waals surface area contributed by atoms with Crippen LogP contribution < -0.4 is 10.6 Å². The van der Waals surface area contributed by atoms with E-state index in [1.54, 1.807) is 12.1 Å². The van der Waals surface area contributed by atoms with Crippen LogP contribution in [0, 0.1) is 5.92 Å². The molecule has 36 heavy (non-hydrogen) atoms. The van der Waals surface area contributed by atoms with Gasteiger partial charge in [0.05, 0.1) is 24.4 Å². The van der Waals surface area contributed by atoms with Gasteiger partial charge in [0.15, 0.2) is 10.8 Å². The fourth-order valence-electron chi connectivity index (χ4n) is 4.88. The number of sulfonamides is 1. The van der Waals surface area contributed by atoms with E-state index in [0.717, 1.165) is 30.0 Å². The number of hydrogen-bond acceptors (Lipinski definition) is 7. The summed E-state index contributed by atoms with van der Waals surface area (Å²) in [5.41, 5.74) is 0.317. The van der Waals surface area contributed by atoms with Crippen molar-refractivity contribution in [3.63, 3.8) is 0 Å². The summed E-state index contributed by atoms with van der Waals surface area (Å²) >= 11 is 0. The Morgan fingerprint density at radius 2 is 1.92 bits per heavy atom. The zero-order valence-electron chi connectivity index (χ0n) is 20.1. The molecular weight excluding hydrogens is 484 g/mol. The minimum Gasteiger partial charge on any atom is -0.472 e. The molecule has 0 spiro atoms. The van der Waals surface area contributed by atoms with Crippen LogP contribution in [0.5, 0.6) is 0 Å². The Hall–Kier alpha value is -3.05. The highest BCUT2D eigenvalue weighted by molar-refractivity contribution is 7.89. The Labute approximate surface area is 210 Å². The van der Waals surface area contributed by atoms with Crippen molar-refractivity contribution in [2.24, 2.45) is 5.92 Å². The number of amides is 2. The summed E-state index contributed by atoms with van der Waals surface area (Å²) in [7, 11) is -3.92. The Balaban J connectivity index is 1.43. The van der Waals surface area contributed by atoms with Crippen molar-refractivity contribution in [2.75, 3.05) is 13.1 Å². The lowest BCUT2D eigenvalue weighted by Crippen LogP contribution is -2.53. The number of nitrogens with one attached hydrogen (secondary N) is 2. The number of furan rings is 1. The fourth-order valence-corrected chi connectivity index (χ4v) is 6.26. The number of carbonyl (C=O) groups excluding carboxylic acids is 3. The third-order valence-electron chi connectivity index (χ3n) is 6.88. The van der Waals surface area contributed by atoms with E-state index in [1.807, 2.05) is 0 Å². The molecule has 194 valence electrons. The molecule has 10 nitrogen and oxygen atoms in total. The van der Waals surface area contributed by atoms with Gasteiger partial charge in [-0.25, -0.2) is 13.4 Å². The van der Waals surface area contributed by atoms with E-state index in [-0.39, 0.29) is 18.1 Å². The highest BCUT2D eigenvalue weighted by atomic mass is 32.2. The van der Waals surface area contributed by atoms with Crippen LogP contribution in [0.2, 0.25) is 0 Å². The van der Waals surface area contributed by atoms with Gasteiger partial charge in [0.2, 0.25) is 5.91 Å². The highest BCUT2D eigenvalue weighted by Gasteiger charge is 2.35. The Bertz CT molecular complexity index is 1150. The lowest BCUT2D eigenvalue weighted by Gasteiger charge is -2.27. The fraction of sp³-hybridized carbons (Fsp3) is 0.520. The van der Waals surface area contributed by atoms with E-state index in [0.29, 0.717) is 30.7 Å². The van der Waals surface area contributed by atoms with Crippen molar-refractivity contribution in [1.82, 2.24) is 19.9 Å². The normalized spacial score (nSPS) is 20.9. The van der Waals surface area contributed by atoms with Gasteiger partial charge < -0.3 is 15.1 Å². The molecule has 1 saturated heterocycles. The summed E-state index contributed by atoms with van der Waals surface area (Å²) in [6, 6.07) is 4.47. The van der Waals surface area contributed by atoms with Crippen molar-refractivity contribution in [2.45, 2.75) is 68.5 Å². The Kier molecular flexibility index (Phi) is 8.52. The maximum Gasteiger partial charge on any atom is 0.260 e. The van der Waals surface area contributed by atoms with Gasteiger partial charge in [-0.3, -0.25) is 14.4 Å². The van der Waals surface area contributed by atoms with Crippen LogP contribution in [-0.2, 0) is 19.6 Å². The van der Waals surface area contributed by atoms with Gasteiger partial charge in [0.25, 0.3) is 15.9 Å². The molecule has 0 aromatic carbocycles. The predicted octanol–water partition coefficient (Wildman–Crippen LogP) is 2.28. The lowest BCUT2D eigenvalue weighted by molar-refractivity contribution is -0.129. The summed E-state index contributed by atoms with van der Waals surface area (Å²) in [6.07, 6.45) is 10.6. The quantitative estimate of drug-likeness (QED) is 0.549. The third kappa shape index (κ3) is 6.38. The SMILES string of the molecule is O=C(N[C@@H](CC1CCCCC1)C(=O)N[C@@H]1CCCN(S(=O)(=O)c2ccccn2)CC1=O)c1ccoc1. The van der Waals surface area contributed by atoms with Crippen LogP contribution in [0.25, 0.3) is 0 Å². The van der Waals surface area contributed by atoms with Crippen molar-refractivity contribution in [1.29, 1.82) is 0 Å². The first kappa shape index (κ1) is 26.0. The van der Waals surface area contributed by atoms with Crippen molar-refractivity contribution in [3.8, 4) is 0 Å². The van der Waals surface area contributed by atoms with Gasteiger partial charge in [-0.15, -0.1) is 0 Å². The van der Waals surface area contributed by atoms with Crippen LogP contribution in [0.1, 0.15) is 61.7 Å². The van der Waals surface area contributed by atoms with E-state index in [2.05, 4.69) is 15.6 Å². The molecule has 4 rings (SSSR count). The van der Waals surface area contributed by atoms with Gasteiger partial charge in [-0.2, -0.15) is 4.31 Å². The number of hydrogen-bond donors (Lipinski definition) is 2. The minimum absolute atomic E-state index is 0.116. The second-order valence-electron chi connectivity index (χ2n) is 9.45. The molecular formula is C25H32N4O6S. The summed E-state index contributed by atoms with van der Waals surface area (Å²) in [5.74, 6) is -0.933. The standard InChI is InChI=1S/C25H32N4O6S/c30-22-16-29(36(33,34)23-10-4-5-12-26-23)13-6-9-20(22)27-25(32)21(15-18-7-2-1-3-8-18)28-24(31)19-11-14-35-17-19/h4-5,10-12,14,17-18,20-21H,1-3,6-9,13,15-16H2,(H,27,32)(H,28,31)/t20-,21+/m1/s1. The topological polar surface area (TPSA) is 139 Å². The number of pyridine rings is 1. The maximum absolute atomic E-state index is 13.3. The second-order valence-corrected chi connectivity index (χ2v) is 11.3. The predicted molar refractivity (Wildman–Crippen MR) is 130 cm³/mol. The number of nitrogens with zero attached hydrogens (tertiary/aromatic N) is 2. The smallest absolute Gasteiger partial charge is 0.260 e. The van der Waals surface area contributed by atoms with Gasteiger partial charge in [-0.1, -0.05) is 38.2 Å². The van der Waals surface area contributed by atoms with E-state index >= 15 is 0 Å². The van der Waals surface area contributed by atoms with Gasteiger partial charge in [0, 0.05) is 12.7 Å².